The Balaban J connectivity index is 1.62. The minimum Gasteiger partial charge on any atom is -0.474 e. The van der Waals surface area contributed by atoms with E-state index in [4.69, 9.17) is 14.2 Å². The third kappa shape index (κ3) is 4.38. The average Bonchev–Trinajstić information content (AvgIpc) is 2.81. The summed E-state index contributed by atoms with van der Waals surface area (Å²) in [5, 5.41) is 12.0. The largest absolute Gasteiger partial charge is 0.474 e. The van der Waals surface area contributed by atoms with Gasteiger partial charge in [0, 0.05) is 37.1 Å². The predicted molar refractivity (Wildman–Crippen MR) is 117 cm³/mol. The van der Waals surface area contributed by atoms with Crippen molar-refractivity contribution in [1.29, 1.82) is 5.26 Å². The lowest BCUT2D eigenvalue weighted by Gasteiger charge is -2.29. The predicted octanol–water partition coefficient (Wildman–Crippen LogP) is 4.03. The number of anilines is 1. The van der Waals surface area contributed by atoms with E-state index in [1.165, 1.54) is 11.1 Å². The van der Waals surface area contributed by atoms with Crippen molar-refractivity contribution < 1.29 is 14.2 Å². The lowest BCUT2D eigenvalue weighted by molar-refractivity contribution is 0.108. The summed E-state index contributed by atoms with van der Waals surface area (Å²) in [6.45, 7) is 6.76. The highest BCUT2D eigenvalue weighted by molar-refractivity contribution is 5.90. The summed E-state index contributed by atoms with van der Waals surface area (Å²) in [5.74, 6) is 0.345. The smallest absolute Gasteiger partial charge is 0.232 e. The summed E-state index contributed by atoms with van der Waals surface area (Å²) in [6, 6.07) is 16.9. The average molecular weight is 403 g/mol. The van der Waals surface area contributed by atoms with Gasteiger partial charge in [-0.25, -0.2) is 4.98 Å². The van der Waals surface area contributed by atoms with Crippen LogP contribution in [0.5, 0.6) is 5.88 Å². The van der Waals surface area contributed by atoms with E-state index >= 15 is 0 Å². The minimum atomic E-state index is 0.345. The monoisotopic (exact) mass is 403 g/mol. The number of hydrogen-bond acceptors (Lipinski definition) is 6. The van der Waals surface area contributed by atoms with Crippen LogP contribution in [0.4, 0.5) is 5.69 Å². The number of nitriles is 1. The van der Waals surface area contributed by atoms with Gasteiger partial charge in [0.15, 0.2) is 0 Å². The molecule has 1 saturated heterocycles. The van der Waals surface area contributed by atoms with E-state index in [-0.39, 0.29) is 0 Å². The number of nitrogens with zero attached hydrogens (tertiary/aromatic N) is 3. The lowest BCUT2D eigenvalue weighted by Crippen LogP contribution is -2.36. The molecule has 0 N–H and O–H groups in total. The first-order valence-corrected chi connectivity index (χ1v) is 10.3. The fraction of sp³-hybridized carbons (Fsp3) is 0.333. The van der Waals surface area contributed by atoms with E-state index < -0.39 is 0 Å². The van der Waals surface area contributed by atoms with Crippen LogP contribution in [0.1, 0.15) is 12.5 Å². The van der Waals surface area contributed by atoms with Crippen molar-refractivity contribution in [3.63, 3.8) is 0 Å². The van der Waals surface area contributed by atoms with Crippen LogP contribution < -0.4 is 9.64 Å². The van der Waals surface area contributed by atoms with Crippen molar-refractivity contribution in [2.45, 2.75) is 6.92 Å². The van der Waals surface area contributed by atoms with Gasteiger partial charge in [-0.2, -0.15) is 5.26 Å². The van der Waals surface area contributed by atoms with Crippen LogP contribution in [0.15, 0.2) is 48.7 Å². The van der Waals surface area contributed by atoms with Crippen molar-refractivity contribution in [3.8, 4) is 23.1 Å². The zero-order chi connectivity index (χ0) is 20.8. The molecule has 0 radical (unpaired) electrons. The molecule has 6 nitrogen and oxygen atoms in total. The third-order valence-electron chi connectivity index (χ3n) is 5.21. The Morgan fingerprint density at radius 2 is 1.87 bits per heavy atom. The first-order valence-electron chi connectivity index (χ1n) is 10.3. The van der Waals surface area contributed by atoms with Crippen molar-refractivity contribution in [1.82, 2.24) is 4.98 Å². The molecule has 2 heterocycles. The van der Waals surface area contributed by atoms with Crippen LogP contribution in [-0.2, 0) is 9.47 Å². The molecule has 154 valence electrons. The topological polar surface area (TPSA) is 67.6 Å². The van der Waals surface area contributed by atoms with E-state index in [0.29, 0.717) is 31.3 Å². The van der Waals surface area contributed by atoms with Crippen LogP contribution >= 0.6 is 0 Å². The van der Waals surface area contributed by atoms with Crippen molar-refractivity contribution >= 4 is 16.5 Å². The highest BCUT2D eigenvalue weighted by Crippen LogP contribution is 2.32. The summed E-state index contributed by atoms with van der Waals surface area (Å²) in [4.78, 5) is 6.59. The number of pyridine rings is 1. The highest BCUT2D eigenvalue weighted by Gasteiger charge is 2.14. The summed E-state index contributed by atoms with van der Waals surface area (Å²) >= 11 is 0. The minimum absolute atomic E-state index is 0.345. The zero-order valence-electron chi connectivity index (χ0n) is 17.1. The van der Waals surface area contributed by atoms with E-state index in [9.17, 15) is 5.26 Å². The molecular weight excluding hydrogens is 378 g/mol. The molecule has 2 aromatic carbocycles. The van der Waals surface area contributed by atoms with Crippen molar-refractivity contribution in [3.05, 3.63) is 54.2 Å². The Morgan fingerprint density at radius 3 is 2.67 bits per heavy atom. The van der Waals surface area contributed by atoms with Gasteiger partial charge in [-0.3, -0.25) is 0 Å². The number of rotatable bonds is 7. The highest BCUT2D eigenvalue weighted by atomic mass is 16.5. The molecule has 0 spiro atoms. The molecule has 0 bridgehead atoms. The number of morpholine rings is 1. The molecule has 1 aliphatic heterocycles. The van der Waals surface area contributed by atoms with Crippen molar-refractivity contribution in [2.24, 2.45) is 0 Å². The molecular formula is C24H25N3O3. The molecule has 0 saturated carbocycles. The molecule has 30 heavy (non-hydrogen) atoms. The van der Waals surface area contributed by atoms with Gasteiger partial charge in [0.05, 0.1) is 19.8 Å². The van der Waals surface area contributed by atoms with Gasteiger partial charge in [0.1, 0.15) is 18.2 Å². The van der Waals surface area contributed by atoms with Gasteiger partial charge >= 0.3 is 0 Å². The summed E-state index contributed by atoms with van der Waals surface area (Å²) in [5.41, 5.74) is 3.44. The first-order chi connectivity index (χ1) is 14.8. The molecule has 3 aromatic rings. The fourth-order valence-electron chi connectivity index (χ4n) is 3.66. The van der Waals surface area contributed by atoms with Crippen LogP contribution in [0.2, 0.25) is 0 Å². The van der Waals surface area contributed by atoms with Gasteiger partial charge in [-0.05, 0) is 47.5 Å². The Bertz CT molecular complexity index is 1060. The fourth-order valence-corrected chi connectivity index (χ4v) is 3.66. The Hall–Kier alpha value is -3.14. The maximum atomic E-state index is 9.74. The van der Waals surface area contributed by atoms with Gasteiger partial charge in [-0.1, -0.05) is 18.2 Å². The Kier molecular flexibility index (Phi) is 6.43. The Labute approximate surface area is 176 Å². The number of benzene rings is 2. The van der Waals surface area contributed by atoms with Gasteiger partial charge in [-0.15, -0.1) is 0 Å². The second kappa shape index (κ2) is 9.57. The van der Waals surface area contributed by atoms with Crippen molar-refractivity contribution in [2.75, 3.05) is 51.0 Å². The molecule has 1 fully saturated rings. The second-order valence-corrected chi connectivity index (χ2v) is 7.04. The van der Waals surface area contributed by atoms with Crippen LogP contribution in [0.25, 0.3) is 21.9 Å². The number of aromatic nitrogens is 1. The van der Waals surface area contributed by atoms with Crippen LogP contribution in [-0.4, -0.2) is 51.1 Å². The number of ether oxygens (including phenoxy) is 3. The van der Waals surface area contributed by atoms with Crippen LogP contribution in [0, 0.1) is 11.3 Å². The molecule has 6 heteroatoms. The summed E-state index contributed by atoms with van der Waals surface area (Å²) in [7, 11) is 0. The molecule has 0 aliphatic carbocycles. The first kappa shape index (κ1) is 20.1. The standard InChI is InChI=1S/C24H25N3O3/c1-2-28-13-14-30-24-23(17-25)22(7-8-26-24)20-4-3-19-16-21(6-5-18(19)15-20)27-9-11-29-12-10-27/h3-8,15-16H,2,9-14H2,1H3. The number of fused-ring (bicyclic) bond motifs is 1. The zero-order valence-corrected chi connectivity index (χ0v) is 17.1. The van der Waals surface area contributed by atoms with E-state index in [0.717, 1.165) is 42.8 Å². The molecule has 0 amide bonds. The molecule has 0 atom stereocenters. The summed E-state index contributed by atoms with van der Waals surface area (Å²) < 4.78 is 16.4. The maximum absolute atomic E-state index is 9.74. The van der Waals surface area contributed by atoms with Gasteiger partial charge < -0.3 is 19.1 Å². The maximum Gasteiger partial charge on any atom is 0.232 e. The molecule has 0 unspecified atom stereocenters. The quantitative estimate of drug-likeness (QED) is 0.555. The second-order valence-electron chi connectivity index (χ2n) is 7.04. The van der Waals surface area contributed by atoms with E-state index in [1.54, 1.807) is 6.20 Å². The van der Waals surface area contributed by atoms with Gasteiger partial charge in [0.25, 0.3) is 0 Å². The summed E-state index contributed by atoms with van der Waals surface area (Å²) in [6.07, 6.45) is 1.68. The number of hydrogen-bond donors (Lipinski definition) is 0. The van der Waals surface area contributed by atoms with Gasteiger partial charge in [0.2, 0.25) is 5.88 Å². The lowest BCUT2D eigenvalue weighted by atomic mass is 9.98. The third-order valence-corrected chi connectivity index (χ3v) is 5.21. The van der Waals surface area contributed by atoms with Crippen LogP contribution in [0.3, 0.4) is 0 Å². The SMILES string of the molecule is CCOCCOc1nccc(-c2ccc3cc(N4CCOCC4)ccc3c2)c1C#N. The molecule has 1 aliphatic rings. The van der Waals surface area contributed by atoms with E-state index in [2.05, 4.69) is 46.3 Å². The van der Waals surface area contributed by atoms with E-state index in [1.807, 2.05) is 19.1 Å². The molecule has 1 aromatic heterocycles. The Morgan fingerprint density at radius 1 is 1.07 bits per heavy atom. The molecule has 4 rings (SSSR count). The normalized spacial score (nSPS) is 13.9.